The zero-order valence-corrected chi connectivity index (χ0v) is 14.4. The number of amides is 1. The number of nitrogens with one attached hydrogen (secondary N) is 1. The Morgan fingerprint density at radius 3 is 2.27 bits per heavy atom. The highest BCUT2D eigenvalue weighted by Gasteiger charge is 2.06. The van der Waals surface area contributed by atoms with Crippen LogP contribution in [0.25, 0.3) is 11.7 Å². The fourth-order valence-electron chi connectivity index (χ4n) is 2.37. The lowest BCUT2D eigenvalue weighted by molar-refractivity contribution is -0.270. The molecule has 0 unspecified atom stereocenters. The number of carbonyl (C=O) groups excluding carboxylic acids is 1. The van der Waals surface area contributed by atoms with E-state index < -0.39 is 0 Å². The van der Waals surface area contributed by atoms with Gasteiger partial charge in [-0.05, 0) is 40.6 Å². The van der Waals surface area contributed by atoms with Crippen LogP contribution in [0.4, 0.5) is 5.69 Å². The molecule has 1 heterocycles. The minimum absolute atomic E-state index is 0.0474. The Hall–Kier alpha value is -3.55. The van der Waals surface area contributed by atoms with Gasteiger partial charge < -0.3 is 15.3 Å². The van der Waals surface area contributed by atoms with Crippen molar-refractivity contribution in [2.75, 3.05) is 18.9 Å². The number of hydrogen-bond acceptors (Lipinski definition) is 7. The molecule has 0 aromatic heterocycles. The van der Waals surface area contributed by atoms with Gasteiger partial charge in [0, 0.05) is 18.0 Å². The van der Waals surface area contributed by atoms with Crippen LogP contribution in [0.1, 0.15) is 5.56 Å². The monoisotopic (exact) mass is 349 g/mol. The van der Waals surface area contributed by atoms with Crippen LogP contribution in [0.3, 0.4) is 0 Å². The molecular formula is C18H17N6O2-. The number of benzene rings is 2. The zero-order valence-electron chi connectivity index (χ0n) is 14.4. The molecule has 1 aliphatic rings. The average Bonchev–Trinajstić information content (AvgIpc) is 3.18. The number of likely N-dealkylation sites (N-methyl/N-ethyl adjacent to an activating group) is 1. The predicted octanol–water partition coefficient (Wildman–Crippen LogP) is 0.890. The highest BCUT2D eigenvalue weighted by atomic mass is 16.3. The van der Waals surface area contributed by atoms with E-state index in [-0.39, 0.29) is 18.3 Å². The Morgan fingerprint density at radius 1 is 1.04 bits per heavy atom. The summed E-state index contributed by atoms with van der Waals surface area (Å²) in [6, 6.07) is 14.2. The molecule has 0 saturated heterocycles. The largest absolute Gasteiger partial charge is 0.860 e. The maximum absolute atomic E-state index is 12.5. The summed E-state index contributed by atoms with van der Waals surface area (Å²) in [4.78, 5) is 13.5. The second-order valence-corrected chi connectivity index (χ2v) is 5.86. The molecule has 0 atom stereocenters. The van der Waals surface area contributed by atoms with E-state index in [0.717, 1.165) is 5.56 Å². The molecule has 0 radical (unpaired) electrons. The second kappa shape index (κ2) is 7.56. The fourth-order valence-corrected chi connectivity index (χ4v) is 2.37. The molecule has 2 aromatic rings. The van der Waals surface area contributed by atoms with Gasteiger partial charge in [-0.1, -0.05) is 42.0 Å². The Balaban J connectivity index is 1.71. The lowest BCUT2D eigenvalue weighted by Crippen LogP contribution is -2.37. The highest BCUT2D eigenvalue weighted by Crippen LogP contribution is 2.09. The quantitative estimate of drug-likeness (QED) is 0.886. The summed E-state index contributed by atoms with van der Waals surface area (Å²) in [6.45, 7) is 1.93. The number of rotatable bonds is 4. The molecule has 0 spiro atoms. The van der Waals surface area contributed by atoms with E-state index in [0.29, 0.717) is 21.9 Å². The molecule has 1 N–H and O–H groups in total. The van der Waals surface area contributed by atoms with Crippen LogP contribution in [0, 0.1) is 6.92 Å². The first-order valence-electron chi connectivity index (χ1n) is 7.94. The molecule has 1 amide bonds. The van der Waals surface area contributed by atoms with Crippen LogP contribution in [-0.4, -0.2) is 24.4 Å². The van der Waals surface area contributed by atoms with Gasteiger partial charge in [0.25, 0.3) is 0 Å². The maximum Gasteiger partial charge on any atom is 0.243 e. The summed E-state index contributed by atoms with van der Waals surface area (Å²) in [5, 5.41) is 30.8. The standard InChI is InChI=1S/C18H18N6O2/c1-12-3-9-15(10-4-12)19-16(25)11-24(2)18(26)14-7-5-13(6-8-14)17-20-22-23-21-17/h3-10,26H,11H2,1-2H3,(H,19,25)/p-1. The molecule has 8 heteroatoms. The fraction of sp³-hybridized carbons (Fsp3) is 0.167. The van der Waals surface area contributed by atoms with Gasteiger partial charge in [-0.15, -0.1) is 10.2 Å². The van der Waals surface area contributed by atoms with Gasteiger partial charge in [0.05, 0.1) is 6.54 Å². The lowest BCUT2D eigenvalue weighted by Gasteiger charge is -2.26. The smallest absolute Gasteiger partial charge is 0.243 e. The minimum atomic E-state index is -0.261. The Morgan fingerprint density at radius 2 is 1.65 bits per heavy atom. The van der Waals surface area contributed by atoms with Crippen LogP contribution >= 0.6 is 0 Å². The molecule has 2 aromatic carbocycles. The van der Waals surface area contributed by atoms with Crippen LogP contribution in [-0.2, 0) is 4.79 Å². The third-order valence-electron chi connectivity index (χ3n) is 3.77. The molecule has 26 heavy (non-hydrogen) atoms. The predicted molar refractivity (Wildman–Crippen MR) is 94.7 cm³/mol. The van der Waals surface area contributed by atoms with Gasteiger partial charge in [-0.2, -0.15) is 0 Å². The Labute approximate surface area is 149 Å². The van der Waals surface area contributed by atoms with E-state index in [1.165, 1.54) is 4.90 Å². The molecule has 0 bridgehead atoms. The van der Waals surface area contributed by atoms with Gasteiger partial charge in [0.15, 0.2) is 0 Å². The molecule has 3 rings (SSSR count). The van der Waals surface area contributed by atoms with E-state index in [1.807, 2.05) is 31.2 Å². The molecule has 132 valence electrons. The van der Waals surface area contributed by atoms with Crippen LogP contribution in [0.2, 0.25) is 0 Å². The third-order valence-corrected chi connectivity index (χ3v) is 3.77. The van der Waals surface area contributed by atoms with Gasteiger partial charge in [-0.3, -0.25) is 4.79 Å². The number of nitrogens with zero attached hydrogens (tertiary/aromatic N) is 5. The van der Waals surface area contributed by atoms with Gasteiger partial charge in [0.1, 0.15) is 0 Å². The summed E-state index contributed by atoms with van der Waals surface area (Å²) >= 11 is 0. The van der Waals surface area contributed by atoms with E-state index in [2.05, 4.69) is 26.0 Å². The third kappa shape index (κ3) is 4.10. The van der Waals surface area contributed by atoms with Crippen molar-refractivity contribution in [2.45, 2.75) is 6.92 Å². The summed E-state index contributed by atoms with van der Waals surface area (Å²) in [6.07, 6.45) is 0. The molecular weight excluding hydrogens is 332 g/mol. The SMILES string of the molecule is Cc1ccc(NC(=O)CN(C)C([O-])=c2ccc(=C3N=NN=N3)cc2)cc1. The molecule has 0 aliphatic carbocycles. The second-order valence-electron chi connectivity index (χ2n) is 5.86. The topological polar surface area (TPSA) is 105 Å². The van der Waals surface area contributed by atoms with E-state index in [1.54, 1.807) is 31.3 Å². The van der Waals surface area contributed by atoms with Gasteiger partial charge in [-0.25, -0.2) is 0 Å². The summed E-state index contributed by atoms with van der Waals surface area (Å²) < 4.78 is 0. The van der Waals surface area contributed by atoms with E-state index in [9.17, 15) is 9.90 Å². The summed E-state index contributed by atoms with van der Waals surface area (Å²) in [7, 11) is 1.58. The van der Waals surface area contributed by atoms with Crippen molar-refractivity contribution in [3.05, 3.63) is 64.5 Å². The van der Waals surface area contributed by atoms with Crippen LogP contribution in [0.5, 0.6) is 0 Å². The molecule has 0 saturated carbocycles. The first kappa shape index (κ1) is 17.3. The first-order chi connectivity index (χ1) is 12.5. The summed E-state index contributed by atoms with van der Waals surface area (Å²) in [5.41, 5.74) is 1.81. The van der Waals surface area contributed by atoms with Crippen molar-refractivity contribution < 1.29 is 9.90 Å². The number of carbonyl (C=O) groups is 1. The number of aryl methyl sites for hydroxylation is 1. The van der Waals surface area contributed by atoms with E-state index in [4.69, 9.17) is 0 Å². The lowest BCUT2D eigenvalue weighted by atomic mass is 10.2. The Bertz CT molecular complexity index is 958. The van der Waals surface area contributed by atoms with E-state index >= 15 is 0 Å². The maximum atomic E-state index is 12.5. The first-order valence-corrected chi connectivity index (χ1v) is 7.94. The normalized spacial score (nSPS) is 12.3. The average molecular weight is 349 g/mol. The molecule has 8 nitrogen and oxygen atoms in total. The van der Waals surface area contributed by atoms with Crippen molar-refractivity contribution in [2.24, 2.45) is 20.7 Å². The highest BCUT2D eigenvalue weighted by molar-refractivity contribution is 5.92. The van der Waals surface area contributed by atoms with Crippen LogP contribution < -0.4 is 20.9 Å². The van der Waals surface area contributed by atoms with Crippen molar-refractivity contribution in [3.8, 4) is 0 Å². The molecule has 0 fully saturated rings. The van der Waals surface area contributed by atoms with Crippen molar-refractivity contribution >= 4 is 23.3 Å². The van der Waals surface area contributed by atoms with Crippen molar-refractivity contribution in [3.63, 3.8) is 0 Å². The van der Waals surface area contributed by atoms with Crippen molar-refractivity contribution in [1.82, 2.24) is 4.90 Å². The van der Waals surface area contributed by atoms with Gasteiger partial charge >= 0.3 is 0 Å². The number of hydrogen-bond donors (Lipinski definition) is 1. The molecule has 1 aliphatic heterocycles. The zero-order chi connectivity index (χ0) is 18.5. The Kier molecular flexibility index (Phi) is 5.02. The summed E-state index contributed by atoms with van der Waals surface area (Å²) in [5.74, 6) is -0.117. The minimum Gasteiger partial charge on any atom is -0.860 e. The van der Waals surface area contributed by atoms with Crippen LogP contribution in [0.15, 0.2) is 69.2 Å². The van der Waals surface area contributed by atoms with Gasteiger partial charge in [0.2, 0.25) is 11.7 Å². The number of anilines is 1. The van der Waals surface area contributed by atoms with Crippen molar-refractivity contribution in [1.29, 1.82) is 0 Å².